The number of rotatable bonds is 5. The Morgan fingerprint density at radius 2 is 1.80 bits per heavy atom. The van der Waals surface area contributed by atoms with Crippen molar-refractivity contribution in [3.8, 4) is 0 Å². The largest absolute Gasteiger partial charge is 0.294 e. The van der Waals surface area contributed by atoms with Crippen LogP contribution < -0.4 is 0 Å². The lowest BCUT2D eigenvalue weighted by atomic mass is 9.99. The Hall–Kier alpha value is -1.11. The molecule has 1 nitrogen and oxygen atoms in total. The van der Waals surface area contributed by atoms with Gasteiger partial charge in [-0.25, -0.2) is 0 Å². The van der Waals surface area contributed by atoms with E-state index < -0.39 is 0 Å². The molecule has 0 bridgehead atoms. The standard InChI is InChI=1S/C14H20O/c1-4-5-6-12-7-9-13(10-8-12)14(15)11(2)3/h7-11H,4-6H2,1-3H3. The van der Waals surface area contributed by atoms with Crippen LogP contribution in [-0.4, -0.2) is 5.78 Å². The van der Waals surface area contributed by atoms with E-state index in [0.29, 0.717) is 0 Å². The Morgan fingerprint density at radius 1 is 1.20 bits per heavy atom. The molecule has 1 aromatic carbocycles. The van der Waals surface area contributed by atoms with Crippen LogP contribution in [0.4, 0.5) is 0 Å². The highest BCUT2D eigenvalue weighted by Crippen LogP contribution is 2.11. The van der Waals surface area contributed by atoms with E-state index in [1.165, 1.54) is 18.4 Å². The molecule has 0 amide bonds. The van der Waals surface area contributed by atoms with Gasteiger partial charge in [0, 0.05) is 11.5 Å². The van der Waals surface area contributed by atoms with Crippen LogP contribution in [0.2, 0.25) is 0 Å². The molecule has 0 heterocycles. The van der Waals surface area contributed by atoms with Crippen molar-refractivity contribution < 1.29 is 4.79 Å². The van der Waals surface area contributed by atoms with E-state index in [-0.39, 0.29) is 11.7 Å². The zero-order valence-electron chi connectivity index (χ0n) is 9.92. The lowest BCUT2D eigenvalue weighted by Crippen LogP contribution is -2.07. The normalized spacial score (nSPS) is 10.7. The Labute approximate surface area is 92.5 Å². The number of hydrogen-bond donors (Lipinski definition) is 0. The maximum atomic E-state index is 11.7. The van der Waals surface area contributed by atoms with Crippen molar-refractivity contribution in [1.29, 1.82) is 0 Å². The molecule has 1 aromatic rings. The van der Waals surface area contributed by atoms with E-state index in [4.69, 9.17) is 0 Å². The summed E-state index contributed by atoms with van der Waals surface area (Å²) in [6.07, 6.45) is 3.55. The number of carbonyl (C=O) groups excluding carboxylic acids is 1. The molecular formula is C14H20O. The summed E-state index contributed by atoms with van der Waals surface area (Å²) in [6, 6.07) is 8.05. The van der Waals surface area contributed by atoms with Crippen molar-refractivity contribution >= 4 is 5.78 Å². The predicted octanol–water partition coefficient (Wildman–Crippen LogP) is 3.87. The maximum absolute atomic E-state index is 11.7. The van der Waals surface area contributed by atoms with Gasteiger partial charge in [0.2, 0.25) is 0 Å². The number of unbranched alkanes of at least 4 members (excludes halogenated alkanes) is 1. The molecule has 0 radical (unpaired) electrons. The molecule has 0 atom stereocenters. The first kappa shape index (κ1) is 12.0. The molecule has 0 aromatic heterocycles. The smallest absolute Gasteiger partial charge is 0.165 e. The molecule has 0 spiro atoms. The van der Waals surface area contributed by atoms with Crippen LogP contribution in [0.15, 0.2) is 24.3 Å². The topological polar surface area (TPSA) is 17.1 Å². The summed E-state index contributed by atoms with van der Waals surface area (Å²) in [5, 5.41) is 0. The summed E-state index contributed by atoms with van der Waals surface area (Å²) in [5.74, 6) is 0.323. The minimum atomic E-state index is 0.0893. The first-order valence-electron chi connectivity index (χ1n) is 5.78. The Morgan fingerprint density at radius 3 is 2.27 bits per heavy atom. The third kappa shape index (κ3) is 3.50. The molecule has 0 N–H and O–H groups in total. The molecular weight excluding hydrogens is 184 g/mol. The molecule has 1 heteroatoms. The average Bonchev–Trinajstić information content (AvgIpc) is 2.26. The molecule has 0 fully saturated rings. The molecule has 0 aliphatic rings. The van der Waals surface area contributed by atoms with Crippen molar-refractivity contribution in [2.24, 2.45) is 5.92 Å². The zero-order chi connectivity index (χ0) is 11.3. The van der Waals surface area contributed by atoms with Crippen LogP contribution >= 0.6 is 0 Å². The SMILES string of the molecule is CCCCc1ccc(C(=O)C(C)C)cc1. The number of benzene rings is 1. The van der Waals surface area contributed by atoms with Crippen LogP contribution in [0, 0.1) is 5.92 Å². The van der Waals surface area contributed by atoms with Gasteiger partial charge in [0.25, 0.3) is 0 Å². The number of aryl methyl sites for hydroxylation is 1. The van der Waals surface area contributed by atoms with Gasteiger partial charge in [-0.3, -0.25) is 4.79 Å². The van der Waals surface area contributed by atoms with Crippen LogP contribution in [0.1, 0.15) is 49.5 Å². The highest BCUT2D eigenvalue weighted by Gasteiger charge is 2.09. The minimum Gasteiger partial charge on any atom is -0.294 e. The summed E-state index contributed by atoms with van der Waals surface area (Å²) >= 11 is 0. The third-order valence-electron chi connectivity index (χ3n) is 2.58. The first-order valence-corrected chi connectivity index (χ1v) is 5.78. The fourth-order valence-corrected chi connectivity index (χ4v) is 1.55. The molecule has 15 heavy (non-hydrogen) atoms. The second kappa shape index (κ2) is 5.69. The number of Topliss-reactive ketones (excluding diaryl/α,β-unsaturated/α-hetero) is 1. The van der Waals surface area contributed by atoms with Crippen molar-refractivity contribution in [3.05, 3.63) is 35.4 Å². The van der Waals surface area contributed by atoms with Crippen LogP contribution in [-0.2, 0) is 6.42 Å². The Kier molecular flexibility index (Phi) is 4.54. The lowest BCUT2D eigenvalue weighted by Gasteiger charge is -2.05. The number of hydrogen-bond acceptors (Lipinski definition) is 1. The van der Waals surface area contributed by atoms with Crippen molar-refractivity contribution in [2.45, 2.75) is 40.0 Å². The van der Waals surface area contributed by atoms with Crippen LogP contribution in [0.25, 0.3) is 0 Å². The van der Waals surface area contributed by atoms with Crippen molar-refractivity contribution in [2.75, 3.05) is 0 Å². The number of ketones is 1. The van der Waals surface area contributed by atoms with Gasteiger partial charge in [-0.05, 0) is 18.4 Å². The predicted molar refractivity (Wildman–Crippen MR) is 64.2 cm³/mol. The van der Waals surface area contributed by atoms with Crippen molar-refractivity contribution in [1.82, 2.24) is 0 Å². The van der Waals surface area contributed by atoms with E-state index in [0.717, 1.165) is 12.0 Å². The molecule has 0 saturated carbocycles. The van der Waals surface area contributed by atoms with Crippen LogP contribution in [0.3, 0.4) is 0 Å². The highest BCUT2D eigenvalue weighted by molar-refractivity contribution is 5.97. The van der Waals surface area contributed by atoms with Crippen molar-refractivity contribution in [3.63, 3.8) is 0 Å². The molecule has 1 rings (SSSR count). The fourth-order valence-electron chi connectivity index (χ4n) is 1.55. The number of carbonyl (C=O) groups is 1. The second-order valence-electron chi connectivity index (χ2n) is 4.32. The van der Waals surface area contributed by atoms with Gasteiger partial charge < -0.3 is 0 Å². The summed E-state index contributed by atoms with van der Waals surface area (Å²) in [5.41, 5.74) is 2.17. The summed E-state index contributed by atoms with van der Waals surface area (Å²) in [4.78, 5) is 11.7. The van der Waals surface area contributed by atoms with E-state index in [1.807, 2.05) is 26.0 Å². The lowest BCUT2D eigenvalue weighted by molar-refractivity contribution is 0.0939. The van der Waals surface area contributed by atoms with E-state index in [9.17, 15) is 4.79 Å². The average molecular weight is 204 g/mol. The summed E-state index contributed by atoms with van der Waals surface area (Å²) in [6.45, 7) is 6.07. The van der Waals surface area contributed by atoms with E-state index in [1.54, 1.807) is 0 Å². The van der Waals surface area contributed by atoms with Gasteiger partial charge in [0.1, 0.15) is 0 Å². The van der Waals surface area contributed by atoms with Gasteiger partial charge >= 0.3 is 0 Å². The molecule has 82 valence electrons. The molecule has 0 aliphatic carbocycles. The van der Waals surface area contributed by atoms with Gasteiger partial charge in [0.15, 0.2) is 5.78 Å². The van der Waals surface area contributed by atoms with Gasteiger partial charge in [-0.15, -0.1) is 0 Å². The highest BCUT2D eigenvalue weighted by atomic mass is 16.1. The van der Waals surface area contributed by atoms with Gasteiger partial charge in [-0.1, -0.05) is 51.5 Å². The quantitative estimate of drug-likeness (QED) is 0.665. The van der Waals surface area contributed by atoms with Gasteiger partial charge in [0.05, 0.1) is 0 Å². The minimum absolute atomic E-state index is 0.0893. The third-order valence-corrected chi connectivity index (χ3v) is 2.58. The van der Waals surface area contributed by atoms with E-state index >= 15 is 0 Å². The zero-order valence-corrected chi connectivity index (χ0v) is 9.92. The molecule has 0 saturated heterocycles. The monoisotopic (exact) mass is 204 g/mol. The van der Waals surface area contributed by atoms with E-state index in [2.05, 4.69) is 19.1 Å². The first-order chi connectivity index (χ1) is 7.15. The molecule has 0 unspecified atom stereocenters. The maximum Gasteiger partial charge on any atom is 0.165 e. The van der Waals surface area contributed by atoms with Crippen LogP contribution in [0.5, 0.6) is 0 Å². The van der Waals surface area contributed by atoms with Gasteiger partial charge in [-0.2, -0.15) is 0 Å². The Bertz CT molecular complexity index is 309. The summed E-state index contributed by atoms with van der Waals surface area (Å²) < 4.78 is 0. The second-order valence-corrected chi connectivity index (χ2v) is 4.32. The summed E-state index contributed by atoms with van der Waals surface area (Å²) in [7, 11) is 0. The fraction of sp³-hybridized carbons (Fsp3) is 0.500. The Balaban J connectivity index is 2.68. The molecule has 0 aliphatic heterocycles.